The second-order valence-electron chi connectivity index (χ2n) is 4.36. The van der Waals surface area contributed by atoms with E-state index in [4.69, 9.17) is 5.73 Å². The molecule has 0 saturated carbocycles. The summed E-state index contributed by atoms with van der Waals surface area (Å²) in [4.78, 5) is 20.0. The number of hydrogen-bond acceptors (Lipinski definition) is 4. The first-order valence-corrected chi connectivity index (χ1v) is 6.29. The molecule has 104 valence electrons. The third-order valence-electron chi connectivity index (χ3n) is 2.69. The van der Waals surface area contributed by atoms with Gasteiger partial charge in [-0.15, -0.1) is 0 Å². The summed E-state index contributed by atoms with van der Waals surface area (Å²) >= 11 is 0. The van der Waals surface area contributed by atoms with Gasteiger partial charge < -0.3 is 16.4 Å². The lowest BCUT2D eigenvalue weighted by Crippen LogP contribution is -2.28. The Balaban J connectivity index is 1.87. The molecule has 2 amide bonds. The minimum absolute atomic E-state index is 0.290. The predicted molar refractivity (Wildman–Crippen MR) is 77.0 cm³/mol. The van der Waals surface area contributed by atoms with Gasteiger partial charge in [0.25, 0.3) is 0 Å². The molecule has 2 aromatic rings. The molecule has 0 aliphatic heterocycles. The number of aryl methyl sites for hydroxylation is 1. The molecule has 0 aliphatic carbocycles. The van der Waals surface area contributed by atoms with Crippen molar-refractivity contribution in [2.24, 2.45) is 5.73 Å². The lowest BCUT2D eigenvalue weighted by atomic mass is 10.2. The fourth-order valence-corrected chi connectivity index (χ4v) is 1.63. The monoisotopic (exact) mass is 271 g/mol. The summed E-state index contributed by atoms with van der Waals surface area (Å²) in [6.45, 7) is 2.63. The molecule has 1 aromatic heterocycles. The third kappa shape index (κ3) is 4.03. The highest BCUT2D eigenvalue weighted by Crippen LogP contribution is 2.09. The number of amides is 2. The van der Waals surface area contributed by atoms with Crippen molar-refractivity contribution < 1.29 is 4.79 Å². The summed E-state index contributed by atoms with van der Waals surface area (Å²) in [6.07, 6.45) is 3.31. The first kappa shape index (κ1) is 14.0. The van der Waals surface area contributed by atoms with Crippen LogP contribution in [0.25, 0.3) is 0 Å². The zero-order valence-electron chi connectivity index (χ0n) is 11.3. The van der Waals surface area contributed by atoms with E-state index in [-0.39, 0.29) is 6.03 Å². The second-order valence-corrected chi connectivity index (χ2v) is 4.36. The molecule has 4 N–H and O–H groups in total. The minimum atomic E-state index is -0.290. The maximum absolute atomic E-state index is 11.8. The van der Waals surface area contributed by atoms with Crippen LogP contribution in [0, 0.1) is 6.92 Å². The number of urea groups is 1. The summed E-state index contributed by atoms with van der Waals surface area (Å²) in [5.41, 5.74) is 8.78. The van der Waals surface area contributed by atoms with Gasteiger partial charge in [-0.05, 0) is 24.6 Å². The average Bonchev–Trinajstić information content (AvgIpc) is 2.47. The molecule has 0 atom stereocenters. The van der Waals surface area contributed by atoms with Crippen molar-refractivity contribution in [1.82, 2.24) is 15.3 Å². The fourth-order valence-electron chi connectivity index (χ4n) is 1.63. The molecule has 0 radical (unpaired) electrons. The molecule has 0 saturated heterocycles. The molecule has 0 fully saturated rings. The molecule has 20 heavy (non-hydrogen) atoms. The molecule has 2 rings (SSSR count). The second kappa shape index (κ2) is 6.63. The number of benzene rings is 1. The Morgan fingerprint density at radius 2 is 2.15 bits per heavy atom. The third-order valence-corrected chi connectivity index (χ3v) is 2.69. The van der Waals surface area contributed by atoms with Crippen LogP contribution in [0.2, 0.25) is 0 Å². The van der Waals surface area contributed by atoms with Crippen LogP contribution in [-0.4, -0.2) is 16.0 Å². The minimum Gasteiger partial charge on any atom is -0.332 e. The van der Waals surface area contributed by atoms with Crippen molar-refractivity contribution in [1.29, 1.82) is 0 Å². The highest BCUT2D eigenvalue weighted by molar-refractivity contribution is 5.89. The molecule has 0 bridgehead atoms. The first-order chi connectivity index (χ1) is 9.67. The number of carbonyl (C=O) groups is 1. The van der Waals surface area contributed by atoms with Gasteiger partial charge in [-0.1, -0.05) is 12.1 Å². The highest BCUT2D eigenvalue weighted by atomic mass is 16.2. The molecule has 0 aliphatic rings. The Kier molecular flexibility index (Phi) is 4.62. The highest BCUT2D eigenvalue weighted by Gasteiger charge is 2.03. The van der Waals surface area contributed by atoms with Crippen LogP contribution < -0.4 is 16.4 Å². The van der Waals surface area contributed by atoms with Crippen molar-refractivity contribution in [3.05, 3.63) is 53.6 Å². The van der Waals surface area contributed by atoms with E-state index in [1.54, 1.807) is 12.4 Å². The standard InChI is InChI=1S/C14H17N5O/c1-10-7-17-13(8-16-10)9-18-14(20)19-12-4-2-3-11(5-12)6-15/h2-5,7-8H,6,9,15H2,1H3,(H2,18,19,20). The van der Waals surface area contributed by atoms with Gasteiger partial charge in [0.2, 0.25) is 0 Å². The van der Waals surface area contributed by atoms with E-state index in [9.17, 15) is 4.79 Å². The normalized spacial score (nSPS) is 10.1. The summed E-state index contributed by atoms with van der Waals surface area (Å²) < 4.78 is 0. The number of nitrogens with one attached hydrogen (secondary N) is 2. The van der Waals surface area contributed by atoms with Crippen LogP contribution in [0.5, 0.6) is 0 Å². The lowest BCUT2D eigenvalue weighted by Gasteiger charge is -2.08. The number of rotatable bonds is 4. The topological polar surface area (TPSA) is 92.9 Å². The SMILES string of the molecule is Cc1cnc(CNC(=O)Nc2cccc(CN)c2)cn1. The largest absolute Gasteiger partial charge is 0.332 e. The Morgan fingerprint density at radius 3 is 2.85 bits per heavy atom. The Hall–Kier alpha value is -2.47. The molecule has 6 nitrogen and oxygen atoms in total. The summed E-state index contributed by atoms with van der Waals surface area (Å²) in [5.74, 6) is 0. The van der Waals surface area contributed by atoms with Gasteiger partial charge in [-0.3, -0.25) is 9.97 Å². The number of anilines is 1. The van der Waals surface area contributed by atoms with E-state index < -0.39 is 0 Å². The van der Waals surface area contributed by atoms with Crippen LogP contribution in [0.15, 0.2) is 36.7 Å². The summed E-state index contributed by atoms with van der Waals surface area (Å²) in [6, 6.07) is 7.12. The predicted octanol–water partition coefficient (Wildman–Crippen LogP) is 1.57. The number of nitrogens with zero attached hydrogens (tertiary/aromatic N) is 2. The average molecular weight is 271 g/mol. The first-order valence-electron chi connectivity index (χ1n) is 6.29. The summed E-state index contributed by atoms with van der Waals surface area (Å²) in [7, 11) is 0. The van der Waals surface area contributed by atoms with E-state index in [0.717, 1.165) is 11.3 Å². The molecular weight excluding hydrogens is 254 g/mol. The van der Waals surface area contributed by atoms with E-state index in [2.05, 4.69) is 20.6 Å². The zero-order valence-corrected chi connectivity index (χ0v) is 11.3. The van der Waals surface area contributed by atoms with Crippen LogP contribution >= 0.6 is 0 Å². The number of aromatic nitrogens is 2. The van der Waals surface area contributed by atoms with Gasteiger partial charge in [0.05, 0.1) is 24.1 Å². The molecule has 0 unspecified atom stereocenters. The Morgan fingerprint density at radius 1 is 1.30 bits per heavy atom. The van der Waals surface area contributed by atoms with Crippen LogP contribution in [0.3, 0.4) is 0 Å². The van der Waals surface area contributed by atoms with Gasteiger partial charge in [-0.2, -0.15) is 0 Å². The van der Waals surface area contributed by atoms with E-state index >= 15 is 0 Å². The van der Waals surface area contributed by atoms with Crippen molar-refractivity contribution in [3.8, 4) is 0 Å². The van der Waals surface area contributed by atoms with Gasteiger partial charge in [0.1, 0.15) is 0 Å². The molecule has 0 spiro atoms. The lowest BCUT2D eigenvalue weighted by molar-refractivity contribution is 0.251. The Labute approximate surface area is 117 Å². The zero-order chi connectivity index (χ0) is 14.4. The molecule has 6 heteroatoms. The Bertz CT molecular complexity index is 582. The number of hydrogen-bond donors (Lipinski definition) is 3. The van der Waals surface area contributed by atoms with Gasteiger partial charge >= 0.3 is 6.03 Å². The molecule has 1 heterocycles. The fraction of sp³-hybridized carbons (Fsp3) is 0.214. The van der Waals surface area contributed by atoms with Crippen LogP contribution in [0.4, 0.5) is 10.5 Å². The van der Waals surface area contributed by atoms with E-state index in [1.807, 2.05) is 31.2 Å². The van der Waals surface area contributed by atoms with Crippen molar-refractivity contribution in [2.75, 3.05) is 5.32 Å². The number of carbonyl (C=O) groups excluding carboxylic acids is 1. The smallest absolute Gasteiger partial charge is 0.319 e. The molecule has 1 aromatic carbocycles. The quantitative estimate of drug-likeness (QED) is 0.786. The van der Waals surface area contributed by atoms with Crippen molar-refractivity contribution in [3.63, 3.8) is 0 Å². The van der Waals surface area contributed by atoms with Crippen molar-refractivity contribution in [2.45, 2.75) is 20.0 Å². The molecular formula is C14H17N5O. The van der Waals surface area contributed by atoms with Gasteiger partial charge in [0.15, 0.2) is 0 Å². The van der Waals surface area contributed by atoms with E-state index in [1.165, 1.54) is 0 Å². The van der Waals surface area contributed by atoms with Crippen molar-refractivity contribution >= 4 is 11.7 Å². The summed E-state index contributed by atoms with van der Waals surface area (Å²) in [5, 5.41) is 5.47. The maximum Gasteiger partial charge on any atom is 0.319 e. The van der Waals surface area contributed by atoms with Crippen LogP contribution in [0.1, 0.15) is 17.0 Å². The van der Waals surface area contributed by atoms with Gasteiger partial charge in [-0.25, -0.2) is 4.79 Å². The van der Waals surface area contributed by atoms with Gasteiger partial charge in [0, 0.05) is 18.4 Å². The number of nitrogens with two attached hydrogens (primary N) is 1. The van der Waals surface area contributed by atoms with Crippen LogP contribution in [-0.2, 0) is 13.1 Å². The van der Waals surface area contributed by atoms with E-state index in [0.29, 0.717) is 24.5 Å². The maximum atomic E-state index is 11.8.